The first-order valence-electron chi connectivity index (χ1n) is 7.90. The molecule has 1 aliphatic heterocycles. The fourth-order valence-electron chi connectivity index (χ4n) is 2.86. The average Bonchev–Trinajstić information content (AvgIpc) is 2.63. The predicted molar refractivity (Wildman–Crippen MR) is 95.7 cm³/mol. The van der Waals surface area contributed by atoms with Gasteiger partial charge in [0.2, 0.25) is 0 Å². The van der Waals surface area contributed by atoms with E-state index in [1.807, 2.05) is 29.2 Å². The molecule has 0 spiro atoms. The first kappa shape index (κ1) is 16.3. The van der Waals surface area contributed by atoms with E-state index in [1.54, 1.807) is 24.3 Å². The highest BCUT2D eigenvalue weighted by Gasteiger charge is 2.20. The van der Waals surface area contributed by atoms with Crippen LogP contribution in [0.25, 0.3) is 6.08 Å². The van der Waals surface area contributed by atoms with Crippen LogP contribution in [0.3, 0.4) is 0 Å². The molecule has 0 saturated carbocycles. The van der Waals surface area contributed by atoms with Crippen molar-refractivity contribution >= 4 is 23.6 Å². The van der Waals surface area contributed by atoms with Crippen LogP contribution in [-0.2, 0) is 0 Å². The lowest BCUT2D eigenvalue weighted by molar-refractivity contribution is 0.0753. The zero-order chi connectivity index (χ0) is 16.9. The molecule has 120 valence electrons. The number of nitrogens with zero attached hydrogens (tertiary/aromatic N) is 2. The summed E-state index contributed by atoms with van der Waals surface area (Å²) in [4.78, 5) is 14.5. The number of hydrogen-bond donors (Lipinski definition) is 0. The number of amides is 1. The summed E-state index contributed by atoms with van der Waals surface area (Å²) >= 11 is 5.88. The van der Waals surface area contributed by atoms with Crippen molar-refractivity contribution in [3.05, 3.63) is 75.8 Å². The second-order valence-electron chi connectivity index (χ2n) is 5.87. The fourth-order valence-corrected chi connectivity index (χ4v) is 2.98. The van der Waals surface area contributed by atoms with Gasteiger partial charge in [-0.3, -0.25) is 4.79 Å². The summed E-state index contributed by atoms with van der Waals surface area (Å²) in [6.45, 7) is 1.41. The van der Waals surface area contributed by atoms with Gasteiger partial charge in [0.05, 0.1) is 11.6 Å². The molecular weight excluding hydrogens is 320 g/mol. The van der Waals surface area contributed by atoms with Crippen molar-refractivity contribution in [2.75, 3.05) is 13.1 Å². The van der Waals surface area contributed by atoms with Gasteiger partial charge in [-0.1, -0.05) is 35.4 Å². The number of likely N-dealkylation sites (tertiary alicyclic amines) is 1. The quantitative estimate of drug-likeness (QED) is 0.808. The van der Waals surface area contributed by atoms with Gasteiger partial charge in [-0.15, -0.1) is 0 Å². The highest BCUT2D eigenvalue weighted by atomic mass is 35.5. The minimum Gasteiger partial charge on any atom is -0.335 e. The van der Waals surface area contributed by atoms with Crippen molar-refractivity contribution in [3.8, 4) is 6.07 Å². The third-order valence-corrected chi connectivity index (χ3v) is 4.36. The predicted octanol–water partition coefficient (Wildman–Crippen LogP) is 4.53. The minimum atomic E-state index is 0.0390. The highest BCUT2D eigenvalue weighted by Crippen LogP contribution is 2.21. The molecule has 1 saturated heterocycles. The molecule has 24 heavy (non-hydrogen) atoms. The van der Waals surface area contributed by atoms with Gasteiger partial charge in [-0.25, -0.2) is 0 Å². The van der Waals surface area contributed by atoms with Crippen molar-refractivity contribution in [2.24, 2.45) is 0 Å². The molecule has 1 heterocycles. The van der Waals surface area contributed by atoms with Crippen LogP contribution in [0, 0.1) is 11.3 Å². The van der Waals surface area contributed by atoms with Crippen molar-refractivity contribution in [1.82, 2.24) is 4.90 Å². The SMILES string of the molecule is N#Cc1ccc(/C=C2/CCCN(C(=O)c3ccc(Cl)cc3)C2)cc1. The Morgan fingerprint density at radius 3 is 2.50 bits per heavy atom. The van der Waals surface area contributed by atoms with E-state index in [9.17, 15) is 4.79 Å². The number of piperidine rings is 1. The van der Waals surface area contributed by atoms with Crippen molar-refractivity contribution in [2.45, 2.75) is 12.8 Å². The maximum absolute atomic E-state index is 12.6. The van der Waals surface area contributed by atoms with E-state index in [0.717, 1.165) is 24.9 Å². The molecule has 1 amide bonds. The number of carbonyl (C=O) groups excluding carboxylic acids is 1. The summed E-state index contributed by atoms with van der Waals surface area (Å²) in [5, 5.41) is 9.48. The summed E-state index contributed by atoms with van der Waals surface area (Å²) in [5.41, 5.74) is 3.61. The lowest BCUT2D eigenvalue weighted by Gasteiger charge is -2.29. The standard InChI is InChI=1S/C20H17ClN2O/c21-19-9-7-18(8-10-19)20(24)23-11-1-2-17(14-23)12-15-3-5-16(13-22)6-4-15/h3-10,12H,1-2,11,14H2/b17-12-. The maximum Gasteiger partial charge on any atom is 0.254 e. The highest BCUT2D eigenvalue weighted by molar-refractivity contribution is 6.30. The zero-order valence-electron chi connectivity index (χ0n) is 13.2. The monoisotopic (exact) mass is 336 g/mol. The largest absolute Gasteiger partial charge is 0.335 e. The molecule has 0 aliphatic carbocycles. The van der Waals surface area contributed by atoms with Gasteiger partial charge in [0.1, 0.15) is 0 Å². The van der Waals surface area contributed by atoms with E-state index in [4.69, 9.17) is 16.9 Å². The van der Waals surface area contributed by atoms with Crippen LogP contribution in [0.2, 0.25) is 5.02 Å². The molecule has 0 bridgehead atoms. The van der Waals surface area contributed by atoms with Gasteiger partial charge in [-0.2, -0.15) is 5.26 Å². The van der Waals surface area contributed by atoms with E-state index in [0.29, 0.717) is 22.7 Å². The summed E-state index contributed by atoms with van der Waals surface area (Å²) in [5.74, 6) is 0.0390. The lowest BCUT2D eigenvalue weighted by Crippen LogP contribution is -2.36. The number of nitriles is 1. The minimum absolute atomic E-state index is 0.0390. The number of carbonyl (C=O) groups is 1. The lowest BCUT2D eigenvalue weighted by atomic mass is 10.0. The second kappa shape index (κ2) is 7.33. The number of rotatable bonds is 2. The molecule has 4 heteroatoms. The molecule has 2 aromatic rings. The fraction of sp³-hybridized carbons (Fsp3) is 0.200. The molecule has 0 aromatic heterocycles. The Kier molecular flexibility index (Phi) is 4.98. The van der Waals surface area contributed by atoms with Gasteiger partial charge in [0.15, 0.2) is 0 Å². The molecule has 3 rings (SSSR count). The van der Waals surface area contributed by atoms with E-state index in [1.165, 1.54) is 5.57 Å². The Morgan fingerprint density at radius 1 is 1.12 bits per heavy atom. The smallest absolute Gasteiger partial charge is 0.254 e. The molecule has 0 radical (unpaired) electrons. The third-order valence-electron chi connectivity index (χ3n) is 4.11. The van der Waals surface area contributed by atoms with Crippen LogP contribution in [0.15, 0.2) is 54.1 Å². The van der Waals surface area contributed by atoms with E-state index < -0.39 is 0 Å². The third kappa shape index (κ3) is 3.84. The Hall–Kier alpha value is -2.57. The second-order valence-corrected chi connectivity index (χ2v) is 6.31. The van der Waals surface area contributed by atoms with E-state index >= 15 is 0 Å². The molecule has 1 fully saturated rings. The van der Waals surface area contributed by atoms with Crippen LogP contribution >= 0.6 is 11.6 Å². The maximum atomic E-state index is 12.6. The van der Waals surface area contributed by atoms with E-state index in [2.05, 4.69) is 12.1 Å². The van der Waals surface area contributed by atoms with Crippen LogP contribution in [0.5, 0.6) is 0 Å². The van der Waals surface area contributed by atoms with Gasteiger partial charge in [0, 0.05) is 23.7 Å². The normalized spacial score (nSPS) is 16.0. The Morgan fingerprint density at radius 2 is 1.83 bits per heavy atom. The van der Waals surface area contributed by atoms with E-state index in [-0.39, 0.29) is 5.91 Å². The molecule has 0 unspecified atom stereocenters. The van der Waals surface area contributed by atoms with Crippen LogP contribution in [-0.4, -0.2) is 23.9 Å². The zero-order valence-corrected chi connectivity index (χ0v) is 14.0. The molecule has 3 nitrogen and oxygen atoms in total. The molecule has 1 aliphatic rings. The molecule has 0 N–H and O–H groups in total. The number of halogens is 1. The van der Waals surface area contributed by atoms with Crippen LogP contribution < -0.4 is 0 Å². The average molecular weight is 337 g/mol. The summed E-state index contributed by atoms with van der Waals surface area (Å²) in [6.07, 6.45) is 4.06. The Balaban J connectivity index is 1.73. The van der Waals surface area contributed by atoms with Crippen LogP contribution in [0.4, 0.5) is 0 Å². The van der Waals surface area contributed by atoms with Gasteiger partial charge in [-0.05, 0) is 54.8 Å². The van der Waals surface area contributed by atoms with Gasteiger partial charge >= 0.3 is 0 Å². The van der Waals surface area contributed by atoms with Crippen molar-refractivity contribution < 1.29 is 4.79 Å². The molecular formula is C20H17ClN2O. The number of benzene rings is 2. The van der Waals surface area contributed by atoms with Crippen molar-refractivity contribution in [1.29, 1.82) is 5.26 Å². The first-order valence-corrected chi connectivity index (χ1v) is 8.28. The van der Waals surface area contributed by atoms with Gasteiger partial charge in [0.25, 0.3) is 5.91 Å². The number of hydrogen-bond acceptors (Lipinski definition) is 2. The van der Waals surface area contributed by atoms with Crippen molar-refractivity contribution in [3.63, 3.8) is 0 Å². The molecule has 0 atom stereocenters. The van der Waals surface area contributed by atoms with Gasteiger partial charge < -0.3 is 4.90 Å². The molecule has 2 aromatic carbocycles. The van der Waals surface area contributed by atoms with Crippen LogP contribution in [0.1, 0.15) is 34.3 Å². The summed E-state index contributed by atoms with van der Waals surface area (Å²) < 4.78 is 0. The summed E-state index contributed by atoms with van der Waals surface area (Å²) in [6, 6.07) is 16.6. The topological polar surface area (TPSA) is 44.1 Å². The Labute approximate surface area is 146 Å². The first-order chi connectivity index (χ1) is 11.7. The summed E-state index contributed by atoms with van der Waals surface area (Å²) in [7, 11) is 0. The Bertz CT molecular complexity index is 801.